The summed E-state index contributed by atoms with van der Waals surface area (Å²) in [6, 6.07) is 10.7. The van der Waals surface area contributed by atoms with Gasteiger partial charge in [-0.3, -0.25) is 9.59 Å². The number of rotatable bonds is 8. The van der Waals surface area contributed by atoms with E-state index in [4.69, 9.17) is 23.2 Å². The topological polar surface area (TPSA) is 58.2 Å². The molecule has 2 amide bonds. The first-order chi connectivity index (χ1) is 12.8. The average Bonchev–Trinajstić information content (AvgIpc) is 2.59. The Labute approximate surface area is 174 Å². The second-order valence-electron chi connectivity index (χ2n) is 6.13. The Morgan fingerprint density at radius 1 is 0.815 bits per heavy atom. The summed E-state index contributed by atoms with van der Waals surface area (Å²) in [6.45, 7) is 3.80. The van der Waals surface area contributed by atoms with Gasteiger partial charge in [0.15, 0.2) is 0 Å². The van der Waals surface area contributed by atoms with E-state index in [0.29, 0.717) is 34.4 Å². The molecule has 0 atom stereocenters. The van der Waals surface area contributed by atoms with Crippen molar-refractivity contribution in [3.8, 4) is 0 Å². The normalized spacial score (nSPS) is 10.5. The maximum absolute atomic E-state index is 12.0. The summed E-state index contributed by atoms with van der Waals surface area (Å²) in [6.07, 6.45) is 0.787. The molecule has 7 heteroatoms. The van der Waals surface area contributed by atoms with Gasteiger partial charge in [-0.2, -0.15) is 11.8 Å². The van der Waals surface area contributed by atoms with Crippen LogP contribution in [0.5, 0.6) is 0 Å². The molecule has 2 rings (SSSR count). The van der Waals surface area contributed by atoms with Gasteiger partial charge in [-0.1, -0.05) is 23.2 Å². The molecular formula is C20H22Cl2N2O2S. The lowest BCUT2D eigenvalue weighted by molar-refractivity contribution is -0.116. The Bertz CT molecular complexity index is 760. The molecule has 4 nitrogen and oxygen atoms in total. The van der Waals surface area contributed by atoms with Crippen LogP contribution >= 0.6 is 35.0 Å². The zero-order valence-corrected chi connectivity index (χ0v) is 17.6. The molecule has 0 spiro atoms. The molecule has 0 aliphatic carbocycles. The van der Waals surface area contributed by atoms with Crippen LogP contribution in [0.25, 0.3) is 0 Å². The minimum absolute atomic E-state index is 0.0471. The molecule has 0 aliphatic heterocycles. The van der Waals surface area contributed by atoms with E-state index >= 15 is 0 Å². The highest BCUT2D eigenvalue weighted by molar-refractivity contribution is 7.99. The van der Waals surface area contributed by atoms with Crippen molar-refractivity contribution in [2.75, 3.05) is 22.1 Å². The van der Waals surface area contributed by atoms with E-state index in [1.165, 1.54) is 0 Å². The fourth-order valence-electron chi connectivity index (χ4n) is 2.39. The standard InChI is InChI=1S/C20H22Cl2N2O2S/c1-13-11-15(21)3-5-17(13)23-19(25)7-9-27-10-8-20(26)24-18-6-4-16(22)12-14(18)2/h3-6,11-12H,7-10H2,1-2H3,(H,23,25)(H,24,26). The predicted molar refractivity (Wildman–Crippen MR) is 116 cm³/mol. The van der Waals surface area contributed by atoms with Gasteiger partial charge in [0.2, 0.25) is 11.8 Å². The fourth-order valence-corrected chi connectivity index (χ4v) is 3.71. The van der Waals surface area contributed by atoms with Crippen molar-refractivity contribution in [3.63, 3.8) is 0 Å². The summed E-state index contributed by atoms with van der Waals surface area (Å²) in [7, 11) is 0. The third kappa shape index (κ3) is 7.45. The summed E-state index contributed by atoms with van der Waals surface area (Å²) >= 11 is 13.4. The van der Waals surface area contributed by atoms with E-state index in [1.54, 1.807) is 36.0 Å². The molecule has 0 unspecified atom stereocenters. The third-order valence-electron chi connectivity index (χ3n) is 3.87. The van der Waals surface area contributed by atoms with Crippen molar-refractivity contribution in [2.24, 2.45) is 0 Å². The molecule has 0 radical (unpaired) electrons. The summed E-state index contributed by atoms with van der Waals surface area (Å²) in [5.74, 6) is 1.22. The average molecular weight is 425 g/mol. The van der Waals surface area contributed by atoms with Crippen molar-refractivity contribution in [1.82, 2.24) is 0 Å². The molecule has 2 N–H and O–H groups in total. The van der Waals surface area contributed by atoms with Crippen LogP contribution in [-0.4, -0.2) is 23.3 Å². The van der Waals surface area contributed by atoms with E-state index in [9.17, 15) is 9.59 Å². The van der Waals surface area contributed by atoms with E-state index in [-0.39, 0.29) is 11.8 Å². The molecule has 27 heavy (non-hydrogen) atoms. The van der Waals surface area contributed by atoms with Gasteiger partial charge >= 0.3 is 0 Å². The lowest BCUT2D eigenvalue weighted by Gasteiger charge is -2.09. The number of amides is 2. The summed E-state index contributed by atoms with van der Waals surface area (Å²) in [4.78, 5) is 24.0. The molecule has 0 bridgehead atoms. The first-order valence-electron chi connectivity index (χ1n) is 8.55. The smallest absolute Gasteiger partial charge is 0.225 e. The molecule has 2 aromatic rings. The molecular weight excluding hydrogens is 403 g/mol. The highest BCUT2D eigenvalue weighted by Crippen LogP contribution is 2.21. The Kier molecular flexibility index (Phi) is 8.48. The van der Waals surface area contributed by atoms with Crippen molar-refractivity contribution >= 4 is 58.2 Å². The fraction of sp³-hybridized carbons (Fsp3) is 0.300. The van der Waals surface area contributed by atoms with Crippen molar-refractivity contribution in [3.05, 3.63) is 57.6 Å². The maximum atomic E-state index is 12.0. The molecule has 0 aromatic heterocycles. The summed E-state index contributed by atoms with van der Waals surface area (Å²) in [5.41, 5.74) is 3.40. The number of thioether (sulfide) groups is 1. The quantitative estimate of drug-likeness (QED) is 0.534. The Balaban J connectivity index is 1.64. The maximum Gasteiger partial charge on any atom is 0.225 e. The van der Waals surface area contributed by atoms with Crippen LogP contribution < -0.4 is 10.6 Å². The number of carbonyl (C=O) groups excluding carboxylic acids is 2. The lowest BCUT2D eigenvalue weighted by Crippen LogP contribution is -2.14. The third-order valence-corrected chi connectivity index (χ3v) is 5.33. The van der Waals surface area contributed by atoms with Gasteiger partial charge in [-0.15, -0.1) is 0 Å². The van der Waals surface area contributed by atoms with Crippen LogP contribution in [0.15, 0.2) is 36.4 Å². The first kappa shape index (κ1) is 21.6. The zero-order valence-electron chi connectivity index (χ0n) is 15.3. The molecule has 0 aliphatic rings. The largest absolute Gasteiger partial charge is 0.326 e. The second-order valence-corrected chi connectivity index (χ2v) is 8.22. The molecule has 2 aromatic carbocycles. The monoisotopic (exact) mass is 424 g/mol. The van der Waals surface area contributed by atoms with Crippen molar-refractivity contribution in [1.29, 1.82) is 0 Å². The molecule has 0 saturated carbocycles. The minimum Gasteiger partial charge on any atom is -0.326 e. The second kappa shape index (κ2) is 10.6. The van der Waals surface area contributed by atoms with Gasteiger partial charge < -0.3 is 10.6 Å². The van der Waals surface area contributed by atoms with Crippen molar-refractivity contribution in [2.45, 2.75) is 26.7 Å². The van der Waals surface area contributed by atoms with Crippen LogP contribution in [0.4, 0.5) is 11.4 Å². The number of benzene rings is 2. The highest BCUT2D eigenvalue weighted by Gasteiger charge is 2.07. The number of carbonyl (C=O) groups is 2. The molecule has 0 fully saturated rings. The minimum atomic E-state index is -0.0471. The zero-order chi connectivity index (χ0) is 19.8. The van der Waals surface area contributed by atoms with Crippen LogP contribution in [0, 0.1) is 13.8 Å². The van der Waals surface area contributed by atoms with Gasteiger partial charge in [0.1, 0.15) is 0 Å². The Morgan fingerprint density at radius 3 is 1.59 bits per heavy atom. The Morgan fingerprint density at radius 2 is 1.22 bits per heavy atom. The van der Waals surface area contributed by atoms with Gasteiger partial charge in [0, 0.05) is 45.8 Å². The van der Waals surface area contributed by atoms with E-state index < -0.39 is 0 Å². The number of nitrogens with one attached hydrogen (secondary N) is 2. The highest BCUT2D eigenvalue weighted by atomic mass is 35.5. The number of aryl methyl sites for hydroxylation is 2. The van der Waals surface area contributed by atoms with E-state index in [0.717, 1.165) is 22.5 Å². The number of halogens is 2. The number of hydrogen-bond donors (Lipinski definition) is 2. The van der Waals surface area contributed by atoms with Gasteiger partial charge in [0.25, 0.3) is 0 Å². The molecule has 144 valence electrons. The predicted octanol–water partition coefficient (Wildman–Crippen LogP) is 5.70. The van der Waals surface area contributed by atoms with Crippen LogP contribution in [0.3, 0.4) is 0 Å². The van der Waals surface area contributed by atoms with Crippen LogP contribution in [0.1, 0.15) is 24.0 Å². The summed E-state index contributed by atoms with van der Waals surface area (Å²) in [5, 5.41) is 7.05. The SMILES string of the molecule is Cc1cc(Cl)ccc1NC(=O)CCSCCC(=O)Nc1ccc(Cl)cc1C. The molecule has 0 saturated heterocycles. The van der Waals surface area contributed by atoms with Gasteiger partial charge in [-0.05, 0) is 61.4 Å². The first-order valence-corrected chi connectivity index (χ1v) is 10.5. The summed E-state index contributed by atoms with van der Waals surface area (Å²) < 4.78 is 0. The van der Waals surface area contributed by atoms with Gasteiger partial charge in [0.05, 0.1) is 0 Å². The number of anilines is 2. The van der Waals surface area contributed by atoms with Crippen LogP contribution in [-0.2, 0) is 9.59 Å². The van der Waals surface area contributed by atoms with Crippen LogP contribution in [0.2, 0.25) is 10.0 Å². The lowest BCUT2D eigenvalue weighted by atomic mass is 10.2. The Hall–Kier alpha value is -1.69. The molecule has 0 heterocycles. The number of hydrogen-bond acceptors (Lipinski definition) is 3. The van der Waals surface area contributed by atoms with Gasteiger partial charge in [-0.25, -0.2) is 0 Å². The van der Waals surface area contributed by atoms with E-state index in [2.05, 4.69) is 10.6 Å². The van der Waals surface area contributed by atoms with E-state index in [1.807, 2.05) is 26.0 Å². The van der Waals surface area contributed by atoms with Crippen molar-refractivity contribution < 1.29 is 9.59 Å².